The molecule has 2 fully saturated rings. The Balaban J connectivity index is 1.72. The van der Waals surface area contributed by atoms with E-state index in [9.17, 15) is 9.59 Å². The lowest BCUT2D eigenvalue weighted by atomic mass is 9.94. The van der Waals surface area contributed by atoms with Gasteiger partial charge in [0.1, 0.15) is 5.60 Å². The molecule has 1 aromatic carbocycles. The molecule has 1 aliphatic carbocycles. The van der Waals surface area contributed by atoms with Gasteiger partial charge in [-0.15, -0.1) is 0 Å². The summed E-state index contributed by atoms with van der Waals surface area (Å²) in [5.74, 6) is 0.0282. The highest BCUT2D eigenvalue weighted by Gasteiger charge is 2.60. The SMILES string of the molecule is CC(c1ccccc1)N1CCC(C2(N(C)C(=O)OC(C)(C)C)CC2)C1=O. The van der Waals surface area contributed by atoms with Gasteiger partial charge in [0, 0.05) is 13.6 Å². The molecular formula is C21H30N2O3. The molecule has 0 radical (unpaired) electrons. The third-order valence-electron chi connectivity index (χ3n) is 5.74. The maximum absolute atomic E-state index is 13.2. The quantitative estimate of drug-likeness (QED) is 0.817. The summed E-state index contributed by atoms with van der Waals surface area (Å²) in [4.78, 5) is 29.3. The van der Waals surface area contributed by atoms with Crippen molar-refractivity contribution in [1.82, 2.24) is 9.80 Å². The number of nitrogens with zero attached hydrogens (tertiary/aromatic N) is 2. The maximum Gasteiger partial charge on any atom is 0.410 e. The minimum Gasteiger partial charge on any atom is -0.444 e. The highest BCUT2D eigenvalue weighted by molar-refractivity contribution is 5.84. The van der Waals surface area contributed by atoms with Gasteiger partial charge in [0.15, 0.2) is 0 Å². The number of benzene rings is 1. The average Bonchev–Trinajstić information content (AvgIpc) is 3.29. The van der Waals surface area contributed by atoms with Crippen molar-refractivity contribution in [2.24, 2.45) is 5.92 Å². The van der Waals surface area contributed by atoms with Crippen LogP contribution < -0.4 is 0 Å². The highest BCUT2D eigenvalue weighted by atomic mass is 16.6. The second-order valence-electron chi connectivity index (χ2n) is 8.60. The first-order chi connectivity index (χ1) is 12.2. The summed E-state index contributed by atoms with van der Waals surface area (Å²) < 4.78 is 5.53. The van der Waals surface area contributed by atoms with Crippen LogP contribution in [0.25, 0.3) is 0 Å². The summed E-state index contributed by atoms with van der Waals surface area (Å²) in [6, 6.07) is 10.2. The molecule has 0 spiro atoms. The van der Waals surface area contributed by atoms with Crippen LogP contribution in [-0.4, -0.2) is 46.5 Å². The van der Waals surface area contributed by atoms with Crippen LogP contribution in [0.2, 0.25) is 0 Å². The van der Waals surface area contributed by atoms with Gasteiger partial charge in [0.25, 0.3) is 0 Å². The fourth-order valence-electron chi connectivity index (χ4n) is 4.05. The van der Waals surface area contributed by atoms with Crippen molar-refractivity contribution in [2.45, 2.75) is 64.1 Å². The molecule has 2 atom stereocenters. The Hall–Kier alpha value is -2.04. The fraction of sp³-hybridized carbons (Fsp3) is 0.619. The average molecular weight is 358 g/mol. The van der Waals surface area contributed by atoms with Crippen LogP contribution in [0.1, 0.15) is 58.6 Å². The molecule has 1 saturated heterocycles. The normalized spacial score (nSPS) is 22.9. The van der Waals surface area contributed by atoms with Crippen LogP contribution >= 0.6 is 0 Å². The Labute approximate surface area is 156 Å². The van der Waals surface area contributed by atoms with Gasteiger partial charge in [-0.3, -0.25) is 4.79 Å². The molecule has 2 amide bonds. The predicted molar refractivity (Wildman–Crippen MR) is 101 cm³/mol. The number of hydrogen-bond acceptors (Lipinski definition) is 3. The van der Waals surface area contributed by atoms with E-state index in [2.05, 4.69) is 19.1 Å². The van der Waals surface area contributed by atoms with Gasteiger partial charge in [-0.25, -0.2) is 4.79 Å². The van der Waals surface area contributed by atoms with E-state index in [4.69, 9.17) is 4.74 Å². The Morgan fingerprint density at radius 3 is 2.42 bits per heavy atom. The number of hydrogen-bond donors (Lipinski definition) is 0. The summed E-state index contributed by atoms with van der Waals surface area (Å²) in [6.07, 6.45) is 2.19. The van der Waals surface area contributed by atoms with Crippen molar-refractivity contribution >= 4 is 12.0 Å². The van der Waals surface area contributed by atoms with Gasteiger partial charge in [-0.2, -0.15) is 0 Å². The summed E-state index contributed by atoms with van der Waals surface area (Å²) in [5, 5.41) is 0. The van der Waals surface area contributed by atoms with Gasteiger partial charge in [-0.05, 0) is 52.5 Å². The second-order valence-corrected chi connectivity index (χ2v) is 8.60. The molecule has 1 aliphatic heterocycles. The van der Waals surface area contributed by atoms with E-state index >= 15 is 0 Å². The van der Waals surface area contributed by atoms with Crippen molar-refractivity contribution in [1.29, 1.82) is 0 Å². The number of rotatable bonds is 4. The topological polar surface area (TPSA) is 49.9 Å². The number of ether oxygens (including phenoxy) is 1. The number of carbonyl (C=O) groups excluding carboxylic acids is 2. The molecule has 26 heavy (non-hydrogen) atoms. The summed E-state index contributed by atoms with van der Waals surface area (Å²) in [6.45, 7) is 8.41. The zero-order valence-electron chi connectivity index (χ0n) is 16.5. The van der Waals surface area contributed by atoms with Gasteiger partial charge in [-0.1, -0.05) is 30.3 Å². The van der Waals surface area contributed by atoms with E-state index in [0.717, 1.165) is 31.4 Å². The number of likely N-dealkylation sites (tertiary alicyclic amines) is 1. The van der Waals surface area contributed by atoms with Crippen LogP contribution in [0, 0.1) is 5.92 Å². The zero-order chi connectivity index (χ0) is 19.1. The van der Waals surface area contributed by atoms with Crippen LogP contribution in [0.15, 0.2) is 30.3 Å². The molecule has 1 saturated carbocycles. The highest BCUT2D eigenvalue weighted by Crippen LogP contribution is 2.52. The Kier molecular flexibility index (Phi) is 4.76. The van der Waals surface area contributed by atoms with Crippen molar-refractivity contribution in [3.63, 3.8) is 0 Å². The molecule has 2 unspecified atom stereocenters. The van der Waals surface area contributed by atoms with Crippen LogP contribution in [-0.2, 0) is 9.53 Å². The van der Waals surface area contributed by atoms with Crippen LogP contribution in [0.3, 0.4) is 0 Å². The van der Waals surface area contributed by atoms with Crippen molar-refractivity contribution in [3.8, 4) is 0 Å². The first-order valence-electron chi connectivity index (χ1n) is 9.48. The molecule has 142 valence electrons. The van der Waals surface area contributed by atoms with Gasteiger partial charge < -0.3 is 14.5 Å². The second kappa shape index (κ2) is 6.60. The minimum atomic E-state index is -0.533. The van der Waals surface area contributed by atoms with Crippen LogP contribution in [0.5, 0.6) is 0 Å². The van der Waals surface area contributed by atoms with Crippen molar-refractivity contribution in [2.75, 3.05) is 13.6 Å². The smallest absolute Gasteiger partial charge is 0.410 e. The Morgan fingerprint density at radius 1 is 1.27 bits per heavy atom. The molecule has 1 heterocycles. The lowest BCUT2D eigenvalue weighted by molar-refractivity contribution is -0.134. The Morgan fingerprint density at radius 2 is 1.88 bits per heavy atom. The predicted octanol–water partition coefficient (Wildman–Crippen LogP) is 4.00. The summed E-state index contributed by atoms with van der Waals surface area (Å²) in [5.41, 5.74) is 0.242. The van der Waals surface area contributed by atoms with E-state index in [-0.39, 0.29) is 29.5 Å². The lowest BCUT2D eigenvalue weighted by Gasteiger charge is -2.34. The Bertz CT molecular complexity index is 676. The molecule has 0 bridgehead atoms. The lowest BCUT2D eigenvalue weighted by Crippen LogP contribution is -2.48. The standard InChI is InChI=1S/C21H30N2O3/c1-15(16-9-7-6-8-10-16)23-14-11-17(18(23)24)21(12-13-21)22(5)19(25)26-20(2,3)4/h6-10,15,17H,11-14H2,1-5H3. The third kappa shape index (κ3) is 3.44. The molecule has 3 rings (SSSR count). The van der Waals surface area contributed by atoms with Crippen molar-refractivity contribution in [3.05, 3.63) is 35.9 Å². The first-order valence-corrected chi connectivity index (χ1v) is 9.48. The van der Waals surface area contributed by atoms with Gasteiger partial charge >= 0.3 is 6.09 Å². The van der Waals surface area contributed by atoms with Gasteiger partial charge in [0.05, 0.1) is 17.5 Å². The molecule has 5 nitrogen and oxygen atoms in total. The van der Waals surface area contributed by atoms with E-state index in [1.54, 1.807) is 11.9 Å². The number of amides is 2. The molecular weight excluding hydrogens is 328 g/mol. The van der Waals surface area contributed by atoms with E-state index in [0.29, 0.717) is 0 Å². The molecule has 0 aromatic heterocycles. The van der Waals surface area contributed by atoms with E-state index in [1.165, 1.54) is 0 Å². The maximum atomic E-state index is 13.2. The zero-order valence-corrected chi connectivity index (χ0v) is 16.5. The summed E-state index contributed by atoms with van der Waals surface area (Å²) >= 11 is 0. The molecule has 2 aliphatic rings. The minimum absolute atomic E-state index is 0.0522. The van der Waals surface area contributed by atoms with Crippen molar-refractivity contribution < 1.29 is 14.3 Å². The first kappa shape index (κ1) is 18.7. The summed E-state index contributed by atoms with van der Waals surface area (Å²) in [7, 11) is 1.78. The number of carbonyl (C=O) groups is 2. The van der Waals surface area contributed by atoms with E-state index < -0.39 is 5.60 Å². The van der Waals surface area contributed by atoms with Gasteiger partial charge in [0.2, 0.25) is 5.91 Å². The third-order valence-corrected chi connectivity index (χ3v) is 5.74. The van der Waals surface area contributed by atoms with E-state index in [1.807, 2.05) is 43.9 Å². The molecule has 5 heteroatoms. The fourth-order valence-corrected chi connectivity index (χ4v) is 4.05. The largest absolute Gasteiger partial charge is 0.444 e. The monoisotopic (exact) mass is 358 g/mol. The van der Waals surface area contributed by atoms with Crippen LogP contribution in [0.4, 0.5) is 4.79 Å². The molecule has 0 N–H and O–H groups in total. The molecule has 1 aromatic rings.